The Morgan fingerprint density at radius 1 is 1.25 bits per heavy atom. The van der Waals surface area contributed by atoms with Gasteiger partial charge < -0.3 is 4.90 Å². The molecule has 0 atom stereocenters. The molecule has 0 spiro atoms. The second-order valence-electron chi connectivity index (χ2n) is 6.85. The predicted molar refractivity (Wildman–Crippen MR) is 97.8 cm³/mol. The number of hydrogen-bond acceptors (Lipinski definition) is 5. The number of H-pyrrole nitrogens is 1. The largest absolute Gasteiger partial charge is 0.342 e. The van der Waals surface area contributed by atoms with Crippen molar-refractivity contribution in [1.82, 2.24) is 14.9 Å². The number of aromatic nitrogens is 2. The number of nitrogens with zero attached hydrogens (tertiary/aromatic N) is 3. The van der Waals surface area contributed by atoms with Crippen LogP contribution < -0.4 is 10.5 Å². The van der Waals surface area contributed by atoms with Crippen LogP contribution in [0.3, 0.4) is 0 Å². The van der Waals surface area contributed by atoms with E-state index in [2.05, 4.69) is 33.2 Å². The molecule has 2 aliphatic heterocycles. The van der Waals surface area contributed by atoms with Crippen LogP contribution in [0.25, 0.3) is 0 Å². The molecule has 5 nitrogen and oxygen atoms in total. The lowest BCUT2D eigenvalue weighted by Gasteiger charge is -2.30. The molecule has 2 aliphatic rings. The third kappa shape index (κ3) is 3.13. The molecule has 4 heterocycles. The van der Waals surface area contributed by atoms with Gasteiger partial charge in [0.05, 0.1) is 5.69 Å². The van der Waals surface area contributed by atoms with Crippen LogP contribution in [0.4, 0.5) is 5.95 Å². The second-order valence-corrected chi connectivity index (χ2v) is 7.85. The SMILES string of the molecule is Cc1ccsc1CN1CCc2c(nc(N3CCCCC3)[nH]c2=O)C1. The van der Waals surface area contributed by atoms with Crippen LogP contribution in [0.2, 0.25) is 0 Å². The zero-order valence-electron chi connectivity index (χ0n) is 14.2. The molecule has 0 bridgehead atoms. The van der Waals surface area contributed by atoms with Gasteiger partial charge in [-0.2, -0.15) is 0 Å². The molecule has 1 fully saturated rings. The van der Waals surface area contributed by atoms with Crippen LogP contribution in [0.5, 0.6) is 0 Å². The minimum Gasteiger partial charge on any atom is -0.342 e. The summed E-state index contributed by atoms with van der Waals surface area (Å²) in [6.07, 6.45) is 4.44. The molecule has 0 unspecified atom stereocenters. The number of fused-ring (bicyclic) bond motifs is 1. The number of aryl methyl sites for hydroxylation is 1. The van der Waals surface area contributed by atoms with Crippen molar-refractivity contribution in [1.29, 1.82) is 0 Å². The van der Waals surface area contributed by atoms with E-state index in [1.54, 1.807) is 0 Å². The van der Waals surface area contributed by atoms with E-state index >= 15 is 0 Å². The van der Waals surface area contributed by atoms with Gasteiger partial charge in [0, 0.05) is 43.2 Å². The molecule has 0 aliphatic carbocycles. The fraction of sp³-hybridized carbons (Fsp3) is 0.556. The van der Waals surface area contributed by atoms with E-state index in [-0.39, 0.29) is 5.56 Å². The molecule has 24 heavy (non-hydrogen) atoms. The Labute approximate surface area is 146 Å². The van der Waals surface area contributed by atoms with Gasteiger partial charge >= 0.3 is 0 Å². The van der Waals surface area contributed by atoms with E-state index in [0.717, 1.165) is 56.4 Å². The Morgan fingerprint density at radius 3 is 2.83 bits per heavy atom. The lowest BCUT2D eigenvalue weighted by Crippen LogP contribution is -2.38. The van der Waals surface area contributed by atoms with E-state index in [0.29, 0.717) is 0 Å². The number of thiophene rings is 1. The van der Waals surface area contributed by atoms with Crippen LogP contribution in [-0.2, 0) is 19.5 Å². The lowest BCUT2D eigenvalue weighted by molar-refractivity contribution is 0.242. The first-order chi connectivity index (χ1) is 11.7. The van der Waals surface area contributed by atoms with Crippen LogP contribution in [0.15, 0.2) is 16.2 Å². The normalized spacial score (nSPS) is 18.6. The third-order valence-electron chi connectivity index (χ3n) is 5.13. The smallest absolute Gasteiger partial charge is 0.255 e. The number of hydrogen-bond donors (Lipinski definition) is 1. The van der Waals surface area contributed by atoms with E-state index in [4.69, 9.17) is 4.98 Å². The summed E-state index contributed by atoms with van der Waals surface area (Å²) in [7, 11) is 0. The summed E-state index contributed by atoms with van der Waals surface area (Å²) in [5.74, 6) is 0.771. The summed E-state index contributed by atoms with van der Waals surface area (Å²) in [5, 5.41) is 2.15. The Bertz CT molecular complexity index is 776. The van der Waals surface area contributed by atoms with Crippen molar-refractivity contribution in [3.05, 3.63) is 43.5 Å². The lowest BCUT2D eigenvalue weighted by atomic mass is 10.1. The number of rotatable bonds is 3. The molecule has 0 aromatic carbocycles. The first-order valence-corrected chi connectivity index (χ1v) is 9.71. The summed E-state index contributed by atoms with van der Waals surface area (Å²) in [5.41, 5.74) is 3.28. The average Bonchev–Trinajstić information content (AvgIpc) is 3.00. The van der Waals surface area contributed by atoms with Crippen molar-refractivity contribution >= 4 is 17.3 Å². The molecule has 0 radical (unpaired) electrons. The Hall–Kier alpha value is -1.66. The van der Waals surface area contributed by atoms with E-state index < -0.39 is 0 Å². The highest BCUT2D eigenvalue weighted by Gasteiger charge is 2.23. The first-order valence-electron chi connectivity index (χ1n) is 8.83. The Morgan fingerprint density at radius 2 is 2.08 bits per heavy atom. The second kappa shape index (κ2) is 6.69. The molecule has 6 heteroatoms. The zero-order chi connectivity index (χ0) is 16.5. The van der Waals surface area contributed by atoms with Crippen molar-refractivity contribution in [2.75, 3.05) is 24.5 Å². The van der Waals surface area contributed by atoms with Gasteiger partial charge in [0.15, 0.2) is 0 Å². The minimum atomic E-state index is 0.0625. The zero-order valence-corrected chi connectivity index (χ0v) is 15.0. The van der Waals surface area contributed by atoms with Crippen LogP contribution in [0.1, 0.15) is 41.0 Å². The Balaban J connectivity index is 1.56. The van der Waals surface area contributed by atoms with E-state index in [9.17, 15) is 4.79 Å². The number of aromatic amines is 1. The van der Waals surface area contributed by atoms with Crippen LogP contribution in [-0.4, -0.2) is 34.5 Å². The van der Waals surface area contributed by atoms with Crippen molar-refractivity contribution in [2.24, 2.45) is 0 Å². The third-order valence-corrected chi connectivity index (χ3v) is 6.14. The van der Waals surface area contributed by atoms with Crippen LogP contribution >= 0.6 is 11.3 Å². The first kappa shape index (κ1) is 15.8. The minimum absolute atomic E-state index is 0.0625. The summed E-state index contributed by atoms with van der Waals surface area (Å²) in [6, 6.07) is 2.18. The van der Waals surface area contributed by atoms with Gasteiger partial charge in [0.1, 0.15) is 0 Å². The number of piperidine rings is 1. The number of nitrogens with one attached hydrogen (secondary N) is 1. The van der Waals surface area contributed by atoms with E-state index in [1.807, 2.05) is 11.3 Å². The molecule has 128 valence electrons. The van der Waals surface area contributed by atoms with Gasteiger partial charge in [0.2, 0.25) is 5.95 Å². The quantitative estimate of drug-likeness (QED) is 0.930. The molecule has 2 aromatic rings. The monoisotopic (exact) mass is 344 g/mol. The van der Waals surface area contributed by atoms with Gasteiger partial charge in [-0.1, -0.05) is 0 Å². The molecule has 4 rings (SSSR count). The summed E-state index contributed by atoms with van der Waals surface area (Å²) in [6.45, 7) is 6.83. The van der Waals surface area contributed by atoms with Gasteiger partial charge in [-0.25, -0.2) is 4.98 Å². The standard InChI is InChI=1S/C18H24N4OS/c1-13-6-10-24-16(13)12-21-9-5-14-15(11-21)19-18(20-17(14)23)22-7-3-2-4-8-22/h6,10H,2-5,7-9,11-12H2,1H3,(H,19,20,23). The van der Waals surface area contributed by atoms with Gasteiger partial charge in [-0.15, -0.1) is 11.3 Å². The fourth-order valence-electron chi connectivity index (χ4n) is 3.64. The average molecular weight is 344 g/mol. The highest BCUT2D eigenvalue weighted by molar-refractivity contribution is 7.10. The van der Waals surface area contributed by atoms with Gasteiger partial charge in [0.25, 0.3) is 5.56 Å². The summed E-state index contributed by atoms with van der Waals surface area (Å²) < 4.78 is 0. The maximum Gasteiger partial charge on any atom is 0.255 e. The highest BCUT2D eigenvalue weighted by Crippen LogP contribution is 2.23. The van der Waals surface area contributed by atoms with Gasteiger partial charge in [-0.3, -0.25) is 14.7 Å². The molecule has 0 amide bonds. The number of anilines is 1. The van der Waals surface area contributed by atoms with Crippen molar-refractivity contribution in [3.63, 3.8) is 0 Å². The Kier molecular flexibility index (Phi) is 4.41. The molecular weight excluding hydrogens is 320 g/mol. The maximum absolute atomic E-state index is 12.5. The molecular formula is C18H24N4OS. The summed E-state index contributed by atoms with van der Waals surface area (Å²) >= 11 is 1.82. The molecule has 1 saturated heterocycles. The molecule has 0 saturated carbocycles. The van der Waals surface area contributed by atoms with Crippen molar-refractivity contribution in [2.45, 2.75) is 45.7 Å². The predicted octanol–water partition coefficient (Wildman–Crippen LogP) is 2.69. The van der Waals surface area contributed by atoms with Crippen molar-refractivity contribution in [3.8, 4) is 0 Å². The molecule has 1 N–H and O–H groups in total. The summed E-state index contributed by atoms with van der Waals surface area (Å²) in [4.78, 5) is 26.4. The topological polar surface area (TPSA) is 52.2 Å². The molecule has 2 aromatic heterocycles. The highest BCUT2D eigenvalue weighted by atomic mass is 32.1. The van der Waals surface area contributed by atoms with E-state index in [1.165, 1.54) is 29.7 Å². The van der Waals surface area contributed by atoms with Crippen molar-refractivity contribution < 1.29 is 0 Å². The van der Waals surface area contributed by atoms with Crippen LogP contribution in [0, 0.1) is 6.92 Å². The fourth-order valence-corrected chi connectivity index (χ4v) is 4.59. The maximum atomic E-state index is 12.5. The van der Waals surface area contributed by atoms with Gasteiger partial charge in [-0.05, 0) is 49.6 Å².